The number of rotatable bonds is 7. The SMILES string of the molecule is CCC(=NCCC[NH+]1CCOCC1)c1c([O-])n(-c2ccccc2)c(=O)[nH]c1=O. The van der Waals surface area contributed by atoms with Crippen LogP contribution in [-0.2, 0) is 4.74 Å². The second-order valence-electron chi connectivity index (χ2n) is 6.76. The third-order valence-corrected chi connectivity index (χ3v) is 4.90. The Morgan fingerprint density at radius 3 is 2.64 bits per heavy atom. The van der Waals surface area contributed by atoms with Gasteiger partial charge in [-0.05, 0) is 24.4 Å². The van der Waals surface area contributed by atoms with Crippen LogP contribution in [0.2, 0.25) is 0 Å². The van der Waals surface area contributed by atoms with Gasteiger partial charge in [0.15, 0.2) is 0 Å². The Morgan fingerprint density at radius 1 is 1.25 bits per heavy atom. The maximum atomic E-state index is 12.9. The van der Waals surface area contributed by atoms with Crippen LogP contribution < -0.4 is 21.3 Å². The molecule has 0 saturated carbocycles. The summed E-state index contributed by atoms with van der Waals surface area (Å²) in [5.41, 5.74) is -0.614. The molecule has 8 nitrogen and oxygen atoms in total. The minimum Gasteiger partial charge on any atom is -0.859 e. The normalized spacial score (nSPS) is 15.7. The predicted octanol–water partition coefficient (Wildman–Crippen LogP) is -0.896. The van der Waals surface area contributed by atoms with Crippen molar-refractivity contribution in [2.24, 2.45) is 4.99 Å². The molecule has 1 aliphatic rings. The zero-order valence-electron chi connectivity index (χ0n) is 16.1. The number of hydrogen-bond acceptors (Lipinski definition) is 5. The zero-order chi connectivity index (χ0) is 19.9. The van der Waals surface area contributed by atoms with E-state index in [4.69, 9.17) is 4.74 Å². The van der Waals surface area contributed by atoms with Crippen molar-refractivity contribution in [1.82, 2.24) is 9.55 Å². The summed E-state index contributed by atoms with van der Waals surface area (Å²) in [4.78, 5) is 32.8. The Balaban J connectivity index is 1.83. The van der Waals surface area contributed by atoms with Crippen molar-refractivity contribution in [3.05, 3.63) is 56.7 Å². The molecule has 150 valence electrons. The molecule has 28 heavy (non-hydrogen) atoms. The molecule has 2 heterocycles. The van der Waals surface area contributed by atoms with E-state index in [1.807, 2.05) is 6.92 Å². The van der Waals surface area contributed by atoms with Gasteiger partial charge in [0.25, 0.3) is 5.56 Å². The fourth-order valence-electron chi connectivity index (χ4n) is 3.40. The van der Waals surface area contributed by atoms with E-state index in [2.05, 4.69) is 9.98 Å². The number of quaternary nitrogens is 1. The molecule has 1 saturated heterocycles. The van der Waals surface area contributed by atoms with Crippen molar-refractivity contribution in [3.8, 4) is 11.6 Å². The van der Waals surface area contributed by atoms with Crippen LogP contribution in [-0.4, -0.2) is 54.7 Å². The quantitative estimate of drug-likeness (QED) is 0.476. The van der Waals surface area contributed by atoms with Gasteiger partial charge in [-0.1, -0.05) is 25.1 Å². The lowest BCUT2D eigenvalue weighted by molar-refractivity contribution is -0.908. The highest BCUT2D eigenvalue weighted by Gasteiger charge is 2.15. The van der Waals surface area contributed by atoms with Gasteiger partial charge in [0, 0.05) is 24.4 Å². The molecule has 0 bridgehead atoms. The van der Waals surface area contributed by atoms with Gasteiger partial charge in [-0.2, -0.15) is 0 Å². The van der Waals surface area contributed by atoms with Gasteiger partial charge >= 0.3 is 5.69 Å². The number of nitrogens with one attached hydrogen (secondary N) is 2. The average Bonchev–Trinajstić information content (AvgIpc) is 2.71. The van der Waals surface area contributed by atoms with Gasteiger partial charge in [-0.3, -0.25) is 19.3 Å². The van der Waals surface area contributed by atoms with E-state index in [9.17, 15) is 14.7 Å². The van der Waals surface area contributed by atoms with Crippen molar-refractivity contribution < 1.29 is 14.7 Å². The van der Waals surface area contributed by atoms with Gasteiger partial charge in [0.1, 0.15) is 13.1 Å². The lowest BCUT2D eigenvalue weighted by Crippen LogP contribution is -3.14. The number of para-hydroxylation sites is 1. The highest BCUT2D eigenvalue weighted by Crippen LogP contribution is 2.15. The predicted molar refractivity (Wildman–Crippen MR) is 105 cm³/mol. The molecular weight excluding hydrogens is 360 g/mol. The number of aromatic nitrogens is 2. The summed E-state index contributed by atoms with van der Waals surface area (Å²) < 4.78 is 6.34. The van der Waals surface area contributed by atoms with E-state index in [1.54, 1.807) is 30.3 Å². The molecule has 0 radical (unpaired) electrons. The standard InChI is InChI=1S/C20H26N4O4/c1-2-16(21-9-6-10-23-11-13-28-14-12-23)17-18(25)22-20(27)24(19(17)26)15-7-4-3-5-8-15/h3-5,7-8,26H,2,6,9-14H2,1H3,(H,22,25,27). The van der Waals surface area contributed by atoms with Gasteiger partial charge < -0.3 is 14.7 Å². The van der Waals surface area contributed by atoms with Gasteiger partial charge in [0.05, 0.1) is 25.3 Å². The molecule has 2 N–H and O–H groups in total. The summed E-state index contributed by atoms with van der Waals surface area (Å²) in [5.74, 6) is -0.626. The molecule has 0 unspecified atom stereocenters. The molecule has 0 spiro atoms. The van der Waals surface area contributed by atoms with Crippen LogP contribution in [0.3, 0.4) is 0 Å². The van der Waals surface area contributed by atoms with Crippen LogP contribution in [0.4, 0.5) is 0 Å². The number of benzene rings is 1. The number of aliphatic imine (C=N–C) groups is 1. The summed E-state index contributed by atoms with van der Waals surface area (Å²) in [6, 6.07) is 8.56. The second-order valence-corrected chi connectivity index (χ2v) is 6.76. The molecule has 1 aliphatic heterocycles. The Hall–Kier alpha value is -2.71. The first-order valence-electron chi connectivity index (χ1n) is 9.68. The first-order valence-corrected chi connectivity index (χ1v) is 9.68. The van der Waals surface area contributed by atoms with Gasteiger partial charge in [0.2, 0.25) is 0 Å². The maximum absolute atomic E-state index is 12.9. The number of H-pyrrole nitrogens is 1. The molecule has 0 amide bonds. The number of nitrogens with zero attached hydrogens (tertiary/aromatic N) is 2. The van der Waals surface area contributed by atoms with E-state index >= 15 is 0 Å². The van der Waals surface area contributed by atoms with E-state index < -0.39 is 17.1 Å². The number of aromatic amines is 1. The molecular formula is C20H26N4O4. The van der Waals surface area contributed by atoms with Crippen molar-refractivity contribution in [3.63, 3.8) is 0 Å². The van der Waals surface area contributed by atoms with Gasteiger partial charge in [-0.15, -0.1) is 0 Å². The topological polar surface area (TPSA) is 104 Å². The average molecular weight is 386 g/mol. The summed E-state index contributed by atoms with van der Waals surface area (Å²) in [6.45, 7) is 6.94. The summed E-state index contributed by atoms with van der Waals surface area (Å²) in [7, 11) is 0. The molecule has 3 rings (SSSR count). The molecule has 0 atom stereocenters. The lowest BCUT2D eigenvalue weighted by atomic mass is 10.1. The first kappa shape index (κ1) is 20.0. The minimum atomic E-state index is -0.740. The fraction of sp³-hybridized carbons (Fsp3) is 0.450. The van der Waals surface area contributed by atoms with Crippen LogP contribution in [0.5, 0.6) is 5.88 Å². The third-order valence-electron chi connectivity index (χ3n) is 4.90. The Labute approximate surface area is 163 Å². The summed E-state index contributed by atoms with van der Waals surface area (Å²) in [5, 5.41) is 12.9. The van der Waals surface area contributed by atoms with E-state index in [0.29, 0.717) is 24.4 Å². The number of ether oxygens (including phenoxy) is 1. The lowest BCUT2D eigenvalue weighted by Gasteiger charge is -2.23. The van der Waals surface area contributed by atoms with Crippen molar-refractivity contribution >= 4 is 5.71 Å². The van der Waals surface area contributed by atoms with E-state index in [0.717, 1.165) is 43.8 Å². The molecule has 8 heteroatoms. The maximum Gasteiger partial charge on any atom is 0.332 e. The monoisotopic (exact) mass is 386 g/mol. The number of morpholine rings is 1. The Bertz CT molecular complexity index is 927. The van der Waals surface area contributed by atoms with Crippen molar-refractivity contribution in [2.75, 3.05) is 39.4 Å². The summed E-state index contributed by atoms with van der Waals surface area (Å²) >= 11 is 0. The second kappa shape index (κ2) is 9.48. The van der Waals surface area contributed by atoms with Gasteiger partial charge in [-0.25, -0.2) is 4.79 Å². The fourth-order valence-corrected chi connectivity index (χ4v) is 3.40. The summed E-state index contributed by atoms with van der Waals surface area (Å²) in [6.07, 6.45) is 1.30. The molecule has 1 aromatic carbocycles. The van der Waals surface area contributed by atoms with Crippen LogP contribution in [0.15, 0.2) is 44.9 Å². The zero-order valence-corrected chi connectivity index (χ0v) is 16.1. The minimum absolute atomic E-state index is 0.0512. The van der Waals surface area contributed by atoms with Crippen LogP contribution in [0, 0.1) is 0 Å². The molecule has 0 aliphatic carbocycles. The van der Waals surface area contributed by atoms with Crippen LogP contribution in [0.25, 0.3) is 5.69 Å². The van der Waals surface area contributed by atoms with E-state index in [-0.39, 0.29) is 5.56 Å². The number of hydrogen-bond donors (Lipinski definition) is 2. The largest absolute Gasteiger partial charge is 0.859 e. The Morgan fingerprint density at radius 2 is 1.96 bits per heavy atom. The molecule has 1 aromatic heterocycles. The van der Waals surface area contributed by atoms with Crippen LogP contribution >= 0.6 is 0 Å². The van der Waals surface area contributed by atoms with Crippen molar-refractivity contribution in [1.29, 1.82) is 0 Å². The third kappa shape index (κ3) is 4.58. The smallest absolute Gasteiger partial charge is 0.332 e. The molecule has 1 fully saturated rings. The Kier molecular flexibility index (Phi) is 6.78. The van der Waals surface area contributed by atoms with Crippen LogP contribution in [0.1, 0.15) is 25.3 Å². The highest BCUT2D eigenvalue weighted by atomic mass is 16.5. The highest BCUT2D eigenvalue weighted by molar-refractivity contribution is 6.01. The van der Waals surface area contributed by atoms with E-state index in [1.165, 1.54) is 4.90 Å². The molecule has 2 aromatic rings. The first-order chi connectivity index (χ1) is 13.6. The van der Waals surface area contributed by atoms with Crippen molar-refractivity contribution in [2.45, 2.75) is 19.8 Å².